The van der Waals surface area contributed by atoms with Gasteiger partial charge in [-0.1, -0.05) is 25.1 Å². The van der Waals surface area contributed by atoms with Gasteiger partial charge < -0.3 is 10.6 Å². The molecule has 8 heteroatoms. The third-order valence-corrected chi connectivity index (χ3v) is 7.06. The monoisotopic (exact) mass is 416 g/mol. The molecule has 0 bridgehead atoms. The molecule has 2 aromatic rings. The van der Waals surface area contributed by atoms with Crippen molar-refractivity contribution in [2.24, 2.45) is 11.7 Å². The third-order valence-electron chi connectivity index (χ3n) is 5.44. The first-order chi connectivity index (χ1) is 13.8. The van der Waals surface area contributed by atoms with Crippen molar-refractivity contribution in [3.63, 3.8) is 0 Å². The van der Waals surface area contributed by atoms with Crippen LogP contribution in [-0.2, 0) is 14.8 Å². The van der Waals surface area contributed by atoms with E-state index in [0.717, 1.165) is 18.4 Å². The molecule has 0 aliphatic carbocycles. The molecule has 1 aromatic heterocycles. The van der Waals surface area contributed by atoms with Crippen LogP contribution in [0.4, 0.5) is 0 Å². The minimum atomic E-state index is -3.93. The first-order valence-corrected chi connectivity index (χ1v) is 11.3. The van der Waals surface area contributed by atoms with Crippen LogP contribution in [0.15, 0.2) is 47.5 Å². The Morgan fingerprint density at radius 1 is 1.24 bits per heavy atom. The fourth-order valence-electron chi connectivity index (χ4n) is 3.60. The number of hydrogen-bond acceptors (Lipinski definition) is 5. The summed E-state index contributed by atoms with van der Waals surface area (Å²) in [6, 6.07) is 9.55. The van der Waals surface area contributed by atoms with Crippen molar-refractivity contribution in [1.29, 1.82) is 0 Å². The summed E-state index contributed by atoms with van der Waals surface area (Å²) in [4.78, 5) is 19.0. The molecule has 0 unspecified atom stereocenters. The van der Waals surface area contributed by atoms with E-state index in [1.807, 2.05) is 18.2 Å². The second-order valence-electron chi connectivity index (χ2n) is 7.56. The van der Waals surface area contributed by atoms with Crippen molar-refractivity contribution >= 4 is 15.9 Å². The maximum atomic E-state index is 13.1. The number of benzene rings is 1. The zero-order chi connectivity index (χ0) is 21.0. The van der Waals surface area contributed by atoms with Crippen LogP contribution in [-0.4, -0.2) is 49.9 Å². The molecule has 2 heterocycles. The van der Waals surface area contributed by atoms with Crippen molar-refractivity contribution in [2.45, 2.75) is 37.6 Å². The number of nitrogens with one attached hydrogen (secondary N) is 1. The second kappa shape index (κ2) is 9.02. The molecule has 1 aliphatic rings. The number of rotatable bonds is 6. The van der Waals surface area contributed by atoms with Gasteiger partial charge in [0.1, 0.15) is 6.04 Å². The molecule has 1 aliphatic heterocycles. The van der Waals surface area contributed by atoms with Gasteiger partial charge in [0.05, 0.1) is 10.6 Å². The van der Waals surface area contributed by atoms with Gasteiger partial charge in [-0.2, -0.15) is 4.72 Å². The number of sulfonamides is 1. The highest BCUT2D eigenvalue weighted by Gasteiger charge is 2.31. The predicted octanol–water partition coefficient (Wildman–Crippen LogP) is 1.92. The zero-order valence-electron chi connectivity index (χ0n) is 16.8. The van der Waals surface area contributed by atoms with Gasteiger partial charge in [-0.3, -0.25) is 9.78 Å². The highest BCUT2D eigenvalue weighted by molar-refractivity contribution is 7.89. The highest BCUT2D eigenvalue weighted by atomic mass is 32.2. The Hall–Kier alpha value is -2.29. The fraction of sp³-hybridized carbons (Fsp3) is 0.429. The number of nitrogens with two attached hydrogens (primary N) is 1. The molecule has 0 spiro atoms. The van der Waals surface area contributed by atoms with E-state index in [9.17, 15) is 13.2 Å². The quantitative estimate of drug-likeness (QED) is 0.748. The number of pyridine rings is 1. The summed E-state index contributed by atoms with van der Waals surface area (Å²) in [5, 5.41) is 0. The van der Waals surface area contributed by atoms with Crippen molar-refractivity contribution in [2.75, 3.05) is 19.6 Å². The number of aromatic nitrogens is 1. The van der Waals surface area contributed by atoms with Crippen LogP contribution >= 0.6 is 0 Å². The van der Waals surface area contributed by atoms with Crippen molar-refractivity contribution in [3.05, 3.63) is 48.2 Å². The van der Waals surface area contributed by atoms with Gasteiger partial charge in [-0.25, -0.2) is 8.42 Å². The molecule has 1 aromatic carbocycles. The number of hydrogen-bond donors (Lipinski definition) is 2. The summed E-state index contributed by atoms with van der Waals surface area (Å²) < 4.78 is 28.7. The number of carbonyl (C=O) groups is 1. The van der Waals surface area contributed by atoms with Gasteiger partial charge >= 0.3 is 0 Å². The smallest absolute Gasteiger partial charge is 0.242 e. The first-order valence-electron chi connectivity index (χ1n) is 9.85. The number of likely N-dealkylation sites (tertiary alicyclic amines) is 1. The van der Waals surface area contributed by atoms with Crippen LogP contribution in [0, 0.1) is 12.8 Å². The van der Waals surface area contributed by atoms with E-state index in [4.69, 9.17) is 5.73 Å². The van der Waals surface area contributed by atoms with Gasteiger partial charge in [-0.15, -0.1) is 0 Å². The van der Waals surface area contributed by atoms with Crippen LogP contribution in [0.2, 0.25) is 0 Å². The highest BCUT2D eigenvalue weighted by Crippen LogP contribution is 2.27. The topological polar surface area (TPSA) is 105 Å². The van der Waals surface area contributed by atoms with Crippen molar-refractivity contribution < 1.29 is 13.2 Å². The Labute approximate surface area is 172 Å². The second-order valence-corrected chi connectivity index (χ2v) is 9.24. The molecule has 0 saturated carbocycles. The molecule has 3 rings (SSSR count). The van der Waals surface area contributed by atoms with E-state index in [-0.39, 0.29) is 17.3 Å². The van der Waals surface area contributed by atoms with E-state index in [0.29, 0.717) is 30.3 Å². The fourth-order valence-corrected chi connectivity index (χ4v) is 5.07. The standard InChI is InChI=1S/C21H28N4O3S/c1-15-9-12-25(13-10-15)21(26)19(14-22)24-29(27,28)20-8-5-6-17(16(20)2)18-7-3-4-11-23-18/h3-8,11,15,19,24H,9-10,12-14,22H2,1-2H3/t19-/m0/s1. The summed E-state index contributed by atoms with van der Waals surface area (Å²) >= 11 is 0. The first kappa shape index (κ1) is 21.4. The lowest BCUT2D eigenvalue weighted by molar-refractivity contribution is -0.134. The molecule has 3 N–H and O–H groups in total. The molecule has 0 radical (unpaired) electrons. The molecule has 1 atom stereocenters. The Kier molecular flexibility index (Phi) is 6.66. The molecule has 1 fully saturated rings. The summed E-state index contributed by atoms with van der Waals surface area (Å²) in [5.74, 6) is 0.311. The minimum Gasteiger partial charge on any atom is -0.341 e. The van der Waals surface area contributed by atoms with Gasteiger partial charge in [0.25, 0.3) is 0 Å². The number of carbonyl (C=O) groups excluding carboxylic acids is 1. The molecule has 7 nitrogen and oxygen atoms in total. The van der Waals surface area contributed by atoms with Crippen LogP contribution in [0.25, 0.3) is 11.3 Å². The van der Waals surface area contributed by atoms with E-state index in [1.165, 1.54) is 6.07 Å². The van der Waals surface area contributed by atoms with Gasteiger partial charge in [-0.05, 0) is 49.4 Å². The Morgan fingerprint density at radius 2 is 1.97 bits per heavy atom. The van der Waals surface area contributed by atoms with E-state index >= 15 is 0 Å². The Balaban J connectivity index is 1.84. The van der Waals surface area contributed by atoms with Crippen LogP contribution in [0.5, 0.6) is 0 Å². The summed E-state index contributed by atoms with van der Waals surface area (Å²) in [7, 11) is -3.93. The van der Waals surface area contributed by atoms with Crippen molar-refractivity contribution in [1.82, 2.24) is 14.6 Å². The third kappa shape index (κ3) is 4.83. The van der Waals surface area contributed by atoms with Crippen LogP contribution < -0.4 is 10.5 Å². The Morgan fingerprint density at radius 3 is 2.59 bits per heavy atom. The minimum absolute atomic E-state index is 0.0942. The molecule has 156 valence electrons. The average molecular weight is 417 g/mol. The molecule has 29 heavy (non-hydrogen) atoms. The normalized spacial score (nSPS) is 16.6. The summed E-state index contributed by atoms with van der Waals surface area (Å²) in [6.45, 7) is 5.06. The molecular weight excluding hydrogens is 388 g/mol. The van der Waals surface area contributed by atoms with Gasteiger partial charge in [0.15, 0.2) is 0 Å². The summed E-state index contributed by atoms with van der Waals surface area (Å²) in [6.07, 6.45) is 3.50. The molecule has 1 amide bonds. The maximum absolute atomic E-state index is 13.1. The number of nitrogens with zero attached hydrogens (tertiary/aromatic N) is 2. The number of piperidine rings is 1. The van der Waals surface area contributed by atoms with E-state index < -0.39 is 16.1 Å². The largest absolute Gasteiger partial charge is 0.341 e. The number of amides is 1. The lowest BCUT2D eigenvalue weighted by Crippen LogP contribution is -2.53. The van der Waals surface area contributed by atoms with E-state index in [2.05, 4.69) is 16.6 Å². The lowest BCUT2D eigenvalue weighted by Gasteiger charge is -2.33. The Bertz CT molecular complexity index is 955. The van der Waals surface area contributed by atoms with Crippen molar-refractivity contribution in [3.8, 4) is 11.3 Å². The average Bonchev–Trinajstić information content (AvgIpc) is 2.73. The van der Waals surface area contributed by atoms with E-state index in [1.54, 1.807) is 30.2 Å². The lowest BCUT2D eigenvalue weighted by atomic mass is 9.99. The predicted molar refractivity (Wildman–Crippen MR) is 113 cm³/mol. The van der Waals surface area contributed by atoms with Gasteiger partial charge in [0, 0.05) is 31.4 Å². The maximum Gasteiger partial charge on any atom is 0.242 e. The van der Waals surface area contributed by atoms with Crippen LogP contribution in [0.1, 0.15) is 25.3 Å². The van der Waals surface area contributed by atoms with Gasteiger partial charge in [0.2, 0.25) is 15.9 Å². The SMILES string of the molecule is Cc1c(-c2ccccn2)cccc1S(=O)(=O)N[C@@H](CN)C(=O)N1CCC(C)CC1. The molecule has 1 saturated heterocycles. The molecular formula is C21H28N4O3S. The summed E-state index contributed by atoms with van der Waals surface area (Å²) in [5.41, 5.74) is 7.77. The zero-order valence-corrected chi connectivity index (χ0v) is 17.7. The van der Waals surface area contributed by atoms with Crippen LogP contribution in [0.3, 0.4) is 0 Å².